The van der Waals surface area contributed by atoms with Crippen molar-refractivity contribution < 1.29 is 23.8 Å². The molecule has 170 valence electrons. The number of oxime groups is 1. The van der Waals surface area contributed by atoms with E-state index in [4.69, 9.17) is 42.3 Å². The largest absolute Gasteiger partial charge is 0.493 e. The first-order chi connectivity index (χ1) is 15.9. The Morgan fingerprint density at radius 1 is 1.03 bits per heavy atom. The maximum atomic E-state index is 13.7. The first kappa shape index (κ1) is 21.7. The lowest BCUT2D eigenvalue weighted by Crippen LogP contribution is -2.44. The number of fused-ring (bicyclic) bond motifs is 1. The molecule has 0 saturated carbocycles. The number of methoxy groups -OCH3 is 3. The van der Waals surface area contributed by atoms with Gasteiger partial charge in [0.1, 0.15) is 5.71 Å². The average Bonchev–Trinajstić information content (AvgIpc) is 3.49. The highest BCUT2D eigenvalue weighted by Crippen LogP contribution is 2.51. The van der Waals surface area contributed by atoms with Gasteiger partial charge in [-0.25, -0.2) is 0 Å². The van der Waals surface area contributed by atoms with Gasteiger partial charge in [0.2, 0.25) is 17.1 Å². The van der Waals surface area contributed by atoms with Crippen molar-refractivity contribution in [2.24, 2.45) is 5.16 Å². The number of ether oxygens (including phenoxy) is 3. The van der Waals surface area contributed by atoms with E-state index >= 15 is 0 Å². The Bertz CT molecular complexity index is 1260. The second kappa shape index (κ2) is 8.01. The van der Waals surface area contributed by atoms with Gasteiger partial charge in [0, 0.05) is 11.8 Å². The molecular formula is C24H20Cl2N2O5. The lowest BCUT2D eigenvalue weighted by Gasteiger charge is -2.28. The third kappa shape index (κ3) is 3.10. The number of benzene rings is 2. The van der Waals surface area contributed by atoms with Crippen molar-refractivity contribution in [3.05, 3.63) is 75.5 Å². The molecule has 3 heterocycles. The van der Waals surface area contributed by atoms with E-state index in [1.807, 2.05) is 16.8 Å². The summed E-state index contributed by atoms with van der Waals surface area (Å²) >= 11 is 13.1. The SMILES string of the molecule is COc1cc(C2C(c3c(Cl)cccc3Cl)=NOC23Cn2cccc2C3=O)cc(OC)c1OC. The van der Waals surface area contributed by atoms with Crippen molar-refractivity contribution in [2.45, 2.75) is 18.1 Å². The fourth-order valence-corrected chi connectivity index (χ4v) is 5.27. The van der Waals surface area contributed by atoms with Gasteiger partial charge in [-0.15, -0.1) is 0 Å². The summed E-state index contributed by atoms with van der Waals surface area (Å²) in [5, 5.41) is 5.20. The highest BCUT2D eigenvalue weighted by Gasteiger charge is 2.60. The van der Waals surface area contributed by atoms with E-state index in [2.05, 4.69) is 5.16 Å². The molecular weight excluding hydrogens is 467 g/mol. The van der Waals surface area contributed by atoms with E-state index in [1.165, 1.54) is 21.3 Å². The van der Waals surface area contributed by atoms with E-state index < -0.39 is 11.5 Å². The lowest BCUT2D eigenvalue weighted by atomic mass is 9.75. The van der Waals surface area contributed by atoms with Crippen LogP contribution in [-0.2, 0) is 11.4 Å². The predicted molar refractivity (Wildman–Crippen MR) is 124 cm³/mol. The topological polar surface area (TPSA) is 71.3 Å². The quantitative estimate of drug-likeness (QED) is 0.508. The Morgan fingerprint density at radius 3 is 2.27 bits per heavy atom. The Balaban J connectivity index is 1.75. The van der Waals surface area contributed by atoms with Crippen molar-refractivity contribution in [3.8, 4) is 17.2 Å². The van der Waals surface area contributed by atoms with Crippen LogP contribution in [0.4, 0.5) is 0 Å². The highest BCUT2D eigenvalue weighted by atomic mass is 35.5. The zero-order valence-corrected chi connectivity index (χ0v) is 19.6. The van der Waals surface area contributed by atoms with Crippen molar-refractivity contribution >= 4 is 34.7 Å². The first-order valence-corrected chi connectivity index (χ1v) is 10.9. The van der Waals surface area contributed by atoms with Gasteiger partial charge in [-0.3, -0.25) is 4.79 Å². The molecule has 2 aliphatic heterocycles. The molecule has 0 amide bonds. The molecule has 33 heavy (non-hydrogen) atoms. The molecule has 2 aliphatic rings. The van der Waals surface area contributed by atoms with Crippen LogP contribution in [0.5, 0.6) is 17.2 Å². The molecule has 5 rings (SSSR count). The number of carbonyl (C=O) groups is 1. The fraction of sp³-hybridized carbons (Fsp3) is 0.250. The highest BCUT2D eigenvalue weighted by molar-refractivity contribution is 6.41. The molecule has 2 atom stereocenters. The van der Waals surface area contributed by atoms with Gasteiger partial charge in [0.05, 0.1) is 49.5 Å². The van der Waals surface area contributed by atoms with Crippen LogP contribution in [0.15, 0.2) is 53.8 Å². The average molecular weight is 487 g/mol. The zero-order valence-electron chi connectivity index (χ0n) is 18.1. The normalized spacial score (nSPS) is 21.1. The molecule has 2 aromatic carbocycles. The van der Waals surface area contributed by atoms with E-state index in [1.54, 1.807) is 36.4 Å². The first-order valence-electron chi connectivity index (χ1n) is 10.2. The van der Waals surface area contributed by atoms with Gasteiger partial charge in [0.15, 0.2) is 11.5 Å². The Morgan fingerprint density at radius 2 is 1.70 bits per heavy atom. The third-order valence-corrected chi connectivity index (χ3v) is 6.77. The van der Waals surface area contributed by atoms with E-state index in [0.29, 0.717) is 49.8 Å². The van der Waals surface area contributed by atoms with Crippen LogP contribution in [0, 0.1) is 0 Å². The molecule has 7 nitrogen and oxygen atoms in total. The van der Waals surface area contributed by atoms with Crippen molar-refractivity contribution in [2.75, 3.05) is 21.3 Å². The fourth-order valence-electron chi connectivity index (χ4n) is 4.68. The molecule has 0 saturated heterocycles. The molecule has 3 aromatic rings. The van der Waals surface area contributed by atoms with Crippen molar-refractivity contribution in [3.63, 3.8) is 0 Å². The van der Waals surface area contributed by atoms with Crippen LogP contribution in [0.2, 0.25) is 10.0 Å². The molecule has 0 N–H and O–H groups in total. The summed E-state index contributed by atoms with van der Waals surface area (Å²) in [6, 6.07) is 12.4. The van der Waals surface area contributed by atoms with Crippen LogP contribution in [-0.4, -0.2) is 43.0 Å². The van der Waals surface area contributed by atoms with Gasteiger partial charge in [0.25, 0.3) is 0 Å². The van der Waals surface area contributed by atoms with Crippen LogP contribution < -0.4 is 14.2 Å². The lowest BCUT2D eigenvalue weighted by molar-refractivity contribution is -0.0130. The molecule has 0 fully saturated rings. The van der Waals surface area contributed by atoms with Crippen LogP contribution in [0.3, 0.4) is 0 Å². The Labute approximate surface area is 200 Å². The smallest absolute Gasteiger partial charge is 0.231 e. The summed E-state index contributed by atoms with van der Waals surface area (Å²) in [7, 11) is 4.60. The molecule has 0 radical (unpaired) electrons. The Hall–Kier alpha value is -3.16. The number of hydrogen-bond donors (Lipinski definition) is 0. The number of hydrogen-bond acceptors (Lipinski definition) is 6. The summed E-state index contributed by atoms with van der Waals surface area (Å²) in [5.41, 5.74) is 0.906. The molecule has 2 unspecified atom stereocenters. The summed E-state index contributed by atoms with van der Waals surface area (Å²) in [4.78, 5) is 19.7. The number of halogens is 2. The van der Waals surface area contributed by atoms with E-state index in [0.717, 1.165) is 0 Å². The van der Waals surface area contributed by atoms with Crippen LogP contribution in [0.1, 0.15) is 27.5 Å². The molecule has 0 bridgehead atoms. The minimum atomic E-state index is -1.31. The van der Waals surface area contributed by atoms with Gasteiger partial charge in [-0.05, 0) is 42.0 Å². The maximum Gasteiger partial charge on any atom is 0.231 e. The van der Waals surface area contributed by atoms with Gasteiger partial charge in [-0.2, -0.15) is 0 Å². The van der Waals surface area contributed by atoms with E-state index in [-0.39, 0.29) is 12.3 Å². The maximum absolute atomic E-state index is 13.7. The Kier molecular flexibility index (Phi) is 5.26. The van der Waals surface area contributed by atoms with Gasteiger partial charge in [-0.1, -0.05) is 34.4 Å². The van der Waals surface area contributed by atoms with Crippen LogP contribution in [0.25, 0.3) is 0 Å². The van der Waals surface area contributed by atoms with Gasteiger partial charge < -0.3 is 23.6 Å². The second-order valence-corrected chi connectivity index (χ2v) is 8.61. The summed E-state index contributed by atoms with van der Waals surface area (Å²) < 4.78 is 18.5. The summed E-state index contributed by atoms with van der Waals surface area (Å²) in [5.74, 6) is 0.520. The molecule has 9 heteroatoms. The number of aromatic nitrogens is 1. The second-order valence-electron chi connectivity index (χ2n) is 7.80. The number of rotatable bonds is 5. The van der Waals surface area contributed by atoms with Crippen molar-refractivity contribution in [1.29, 1.82) is 0 Å². The zero-order chi connectivity index (χ0) is 23.3. The monoisotopic (exact) mass is 486 g/mol. The number of nitrogens with zero attached hydrogens (tertiary/aromatic N) is 2. The summed E-state index contributed by atoms with van der Waals surface area (Å²) in [6.07, 6.45) is 1.85. The summed E-state index contributed by atoms with van der Waals surface area (Å²) in [6.45, 7) is 0.282. The third-order valence-electron chi connectivity index (χ3n) is 6.14. The minimum Gasteiger partial charge on any atom is -0.493 e. The van der Waals surface area contributed by atoms with Gasteiger partial charge >= 0.3 is 0 Å². The standard InChI is InChI=1S/C24H20Cl2N2O5/c1-30-17-10-13(11-18(31-2)22(17)32-3)20-21(19-14(25)6-4-7-15(19)26)27-33-24(20)12-28-9-5-8-16(28)23(24)29/h4-11,20H,12H2,1-3H3. The molecule has 1 spiro atoms. The number of ketones is 1. The molecule has 1 aromatic heterocycles. The van der Waals surface area contributed by atoms with Crippen molar-refractivity contribution in [1.82, 2.24) is 4.57 Å². The van der Waals surface area contributed by atoms with E-state index in [9.17, 15) is 4.79 Å². The predicted octanol–water partition coefficient (Wildman–Crippen LogP) is 4.97. The number of carbonyl (C=O) groups excluding carboxylic acids is 1. The number of Topliss-reactive ketones (excluding diaryl/α,β-unsaturated/α-hetero) is 1. The minimum absolute atomic E-state index is 0.173. The molecule has 0 aliphatic carbocycles. The van der Waals surface area contributed by atoms with Crippen LogP contribution >= 0.6 is 23.2 Å².